The molecule has 9 nitrogen and oxygen atoms in total. The minimum Gasteiger partial charge on any atom is -0.489 e. The molecule has 0 radical (unpaired) electrons. The fraction of sp³-hybridized carbons (Fsp3) is 0.600. The van der Waals surface area contributed by atoms with E-state index in [4.69, 9.17) is 14.9 Å². The number of oxazole rings is 1. The molecule has 2 aliphatic rings. The Morgan fingerprint density at radius 1 is 1.25 bits per heavy atom. The van der Waals surface area contributed by atoms with Crippen LogP contribution < -0.4 is 15.2 Å². The summed E-state index contributed by atoms with van der Waals surface area (Å²) >= 11 is 0. The summed E-state index contributed by atoms with van der Waals surface area (Å²) in [5.41, 5.74) is 6.53. The number of benzene rings is 1. The van der Waals surface area contributed by atoms with Crippen molar-refractivity contribution < 1.29 is 27.5 Å². The van der Waals surface area contributed by atoms with Crippen LogP contribution in [0, 0.1) is 5.92 Å². The van der Waals surface area contributed by atoms with Crippen molar-refractivity contribution in [3.8, 4) is 23.0 Å². The largest absolute Gasteiger partial charge is 0.489 e. The lowest BCUT2D eigenvalue weighted by Crippen LogP contribution is -2.51. The Morgan fingerprint density at radius 2 is 2.00 bits per heavy atom. The van der Waals surface area contributed by atoms with E-state index in [9.17, 15) is 13.6 Å². The number of hydrogen-bond acceptors (Lipinski definition) is 8. The van der Waals surface area contributed by atoms with E-state index in [0.29, 0.717) is 31.2 Å². The molecule has 1 aromatic heterocycles. The predicted octanol–water partition coefficient (Wildman–Crippen LogP) is 3.25. The van der Waals surface area contributed by atoms with E-state index in [1.165, 1.54) is 6.07 Å². The first-order valence-corrected chi connectivity index (χ1v) is 12.5. The van der Waals surface area contributed by atoms with E-state index in [-0.39, 0.29) is 41.3 Å². The molecule has 2 aromatic rings. The van der Waals surface area contributed by atoms with Crippen LogP contribution in [0.3, 0.4) is 0 Å². The van der Waals surface area contributed by atoms with Gasteiger partial charge in [-0.2, -0.15) is 8.78 Å². The summed E-state index contributed by atoms with van der Waals surface area (Å²) in [5.74, 6) is 0.792. The van der Waals surface area contributed by atoms with Gasteiger partial charge in [0.25, 0.3) is 5.91 Å². The molecule has 2 heterocycles. The molecule has 2 N–H and O–H groups in total. The highest BCUT2D eigenvalue weighted by Crippen LogP contribution is 2.36. The fourth-order valence-electron chi connectivity index (χ4n) is 4.26. The molecule has 1 saturated carbocycles. The van der Waals surface area contributed by atoms with Crippen molar-refractivity contribution in [2.45, 2.75) is 39.3 Å². The molecule has 1 saturated heterocycles. The highest BCUT2D eigenvalue weighted by atomic mass is 19.3. The lowest BCUT2D eigenvalue weighted by atomic mass is 10.2. The van der Waals surface area contributed by atoms with Crippen LogP contribution in [0.1, 0.15) is 42.4 Å². The topological polar surface area (TPSA) is 97.3 Å². The molecule has 1 amide bonds. The molecule has 1 aliphatic heterocycles. The second-order valence-corrected chi connectivity index (χ2v) is 9.42. The van der Waals surface area contributed by atoms with Gasteiger partial charge >= 0.3 is 6.61 Å². The summed E-state index contributed by atoms with van der Waals surface area (Å²) in [6, 6.07) is 4.49. The third-order valence-corrected chi connectivity index (χ3v) is 6.37. The number of ether oxygens (including phenoxy) is 2. The van der Waals surface area contributed by atoms with Gasteiger partial charge in [-0.3, -0.25) is 14.6 Å². The van der Waals surface area contributed by atoms with Gasteiger partial charge in [0.05, 0.1) is 19.8 Å². The highest BCUT2D eigenvalue weighted by molar-refractivity contribution is 5.94. The standard InChI is InChI=1S/C25H35F2N5O4/c1-3-8-30(2)16-31-9-11-32(12-10-31)24(33)22-21(14-28)35-23(29-22)18-6-7-19(36-25(26)27)20(13-18)34-15-17-4-5-17/h6-7,13,17,25H,3-5,8-12,14-16,28H2,1-2H3. The number of rotatable bonds is 12. The number of hydrogen-bond donors (Lipinski definition) is 1. The summed E-state index contributed by atoms with van der Waals surface area (Å²) in [5, 5.41) is 0. The number of nitrogens with two attached hydrogens (primary N) is 1. The van der Waals surface area contributed by atoms with Crippen LogP contribution >= 0.6 is 0 Å². The van der Waals surface area contributed by atoms with Crippen LogP contribution in [0.5, 0.6) is 11.5 Å². The van der Waals surface area contributed by atoms with Gasteiger partial charge in [0.2, 0.25) is 5.89 Å². The number of halogens is 2. The SMILES string of the molecule is CCCN(C)CN1CCN(C(=O)c2nc(-c3ccc(OC(F)F)c(OCC4CC4)c3)oc2CN)CC1. The maximum absolute atomic E-state index is 13.3. The van der Waals surface area contributed by atoms with E-state index < -0.39 is 6.61 Å². The fourth-order valence-corrected chi connectivity index (χ4v) is 4.26. The number of amides is 1. The average molecular weight is 508 g/mol. The van der Waals surface area contributed by atoms with Crippen LogP contribution in [-0.2, 0) is 6.54 Å². The zero-order valence-electron chi connectivity index (χ0n) is 20.9. The zero-order chi connectivity index (χ0) is 25.7. The van der Waals surface area contributed by atoms with Crippen LogP contribution in [-0.4, -0.2) is 85.2 Å². The van der Waals surface area contributed by atoms with Gasteiger partial charge in [-0.15, -0.1) is 0 Å². The van der Waals surface area contributed by atoms with Crippen LogP contribution in [0.4, 0.5) is 8.78 Å². The lowest BCUT2D eigenvalue weighted by molar-refractivity contribution is -0.0515. The van der Waals surface area contributed by atoms with E-state index in [1.54, 1.807) is 17.0 Å². The Hall–Kier alpha value is -2.76. The Morgan fingerprint density at radius 3 is 2.64 bits per heavy atom. The Labute approximate surface area is 210 Å². The molecule has 2 fully saturated rings. The highest BCUT2D eigenvalue weighted by Gasteiger charge is 2.29. The molecule has 1 aromatic carbocycles. The first-order valence-electron chi connectivity index (χ1n) is 12.5. The first-order chi connectivity index (χ1) is 17.4. The maximum Gasteiger partial charge on any atom is 0.387 e. The summed E-state index contributed by atoms with van der Waals surface area (Å²) in [6.45, 7) is 4.24. The predicted molar refractivity (Wildman–Crippen MR) is 130 cm³/mol. The van der Waals surface area contributed by atoms with E-state index in [0.717, 1.165) is 45.6 Å². The molecule has 0 spiro atoms. The Bertz CT molecular complexity index is 1020. The molecule has 1 aliphatic carbocycles. The number of carbonyl (C=O) groups is 1. The summed E-state index contributed by atoms with van der Waals surface area (Å²) in [4.78, 5) is 24.1. The van der Waals surface area contributed by atoms with Crippen LogP contribution in [0.2, 0.25) is 0 Å². The summed E-state index contributed by atoms with van der Waals surface area (Å²) < 4.78 is 41.9. The minimum atomic E-state index is -2.97. The molecule has 0 bridgehead atoms. The molecule has 198 valence electrons. The molecule has 4 rings (SSSR count). The van der Waals surface area contributed by atoms with Crippen LogP contribution in [0.25, 0.3) is 11.5 Å². The molecular weight excluding hydrogens is 472 g/mol. The van der Waals surface area contributed by atoms with Gasteiger partial charge in [-0.05, 0) is 57.0 Å². The minimum absolute atomic E-state index is 0.00741. The van der Waals surface area contributed by atoms with Crippen molar-refractivity contribution in [1.29, 1.82) is 0 Å². The molecule has 11 heteroatoms. The zero-order valence-corrected chi connectivity index (χ0v) is 20.9. The molecular formula is C25H35F2N5O4. The van der Waals surface area contributed by atoms with E-state index in [2.05, 4.69) is 33.5 Å². The van der Waals surface area contributed by atoms with Crippen molar-refractivity contribution in [2.75, 3.05) is 53.0 Å². The summed E-state index contributed by atoms with van der Waals surface area (Å²) in [7, 11) is 2.10. The smallest absolute Gasteiger partial charge is 0.387 e. The third-order valence-electron chi connectivity index (χ3n) is 6.37. The molecule has 0 unspecified atom stereocenters. The average Bonchev–Trinajstić information content (AvgIpc) is 3.59. The lowest BCUT2D eigenvalue weighted by Gasteiger charge is -2.36. The van der Waals surface area contributed by atoms with Crippen molar-refractivity contribution in [1.82, 2.24) is 19.7 Å². The van der Waals surface area contributed by atoms with Crippen molar-refractivity contribution >= 4 is 5.91 Å². The van der Waals surface area contributed by atoms with E-state index in [1.807, 2.05) is 0 Å². The van der Waals surface area contributed by atoms with Gasteiger partial charge in [0.1, 0.15) is 0 Å². The van der Waals surface area contributed by atoms with Gasteiger partial charge < -0.3 is 24.5 Å². The Balaban J connectivity index is 1.47. The molecule has 36 heavy (non-hydrogen) atoms. The number of alkyl halides is 2. The van der Waals surface area contributed by atoms with Gasteiger partial charge in [-0.25, -0.2) is 4.98 Å². The normalized spacial score (nSPS) is 16.7. The second-order valence-electron chi connectivity index (χ2n) is 9.42. The third kappa shape index (κ3) is 6.71. The number of piperazine rings is 1. The quantitative estimate of drug-likeness (QED) is 0.468. The molecule has 0 atom stereocenters. The Kier molecular flexibility index (Phi) is 8.76. The van der Waals surface area contributed by atoms with Gasteiger partial charge in [0.15, 0.2) is 23.0 Å². The van der Waals surface area contributed by atoms with Crippen molar-refractivity contribution in [3.05, 3.63) is 29.7 Å². The number of nitrogens with zero attached hydrogens (tertiary/aromatic N) is 4. The monoisotopic (exact) mass is 507 g/mol. The van der Waals surface area contributed by atoms with Crippen molar-refractivity contribution in [2.24, 2.45) is 11.7 Å². The van der Waals surface area contributed by atoms with Crippen molar-refractivity contribution in [3.63, 3.8) is 0 Å². The van der Waals surface area contributed by atoms with Gasteiger partial charge in [-0.1, -0.05) is 6.92 Å². The maximum atomic E-state index is 13.3. The van der Waals surface area contributed by atoms with Gasteiger partial charge in [0, 0.05) is 31.7 Å². The second kappa shape index (κ2) is 12.0. The summed E-state index contributed by atoms with van der Waals surface area (Å²) in [6.07, 6.45) is 3.21. The van der Waals surface area contributed by atoms with E-state index >= 15 is 0 Å². The first kappa shape index (κ1) is 26.3. The number of carbonyl (C=O) groups excluding carboxylic acids is 1. The number of aromatic nitrogens is 1. The van der Waals surface area contributed by atoms with Crippen LogP contribution in [0.15, 0.2) is 22.6 Å².